The zero-order valence-corrected chi connectivity index (χ0v) is 20.0. The molecular weight excluding hydrogens is 406 g/mol. The summed E-state index contributed by atoms with van der Waals surface area (Å²) >= 11 is 5.31. The molecule has 5 nitrogen and oxygen atoms in total. The summed E-state index contributed by atoms with van der Waals surface area (Å²) in [5.41, 5.74) is 3.06. The fraction of sp³-hybridized carbons (Fsp3) is 0.400. The van der Waals surface area contributed by atoms with Crippen molar-refractivity contribution in [1.29, 1.82) is 0 Å². The van der Waals surface area contributed by atoms with Gasteiger partial charge in [-0.25, -0.2) is 0 Å². The van der Waals surface area contributed by atoms with Gasteiger partial charge in [0.2, 0.25) is 11.8 Å². The third-order valence-corrected chi connectivity index (χ3v) is 5.02. The van der Waals surface area contributed by atoms with E-state index in [0.29, 0.717) is 17.3 Å². The average molecular weight is 440 g/mol. The Morgan fingerprint density at radius 2 is 1.52 bits per heavy atom. The molecule has 166 valence electrons. The number of hydrogen-bond donors (Lipinski definition) is 3. The lowest BCUT2D eigenvalue weighted by Gasteiger charge is -2.18. The summed E-state index contributed by atoms with van der Waals surface area (Å²) in [4.78, 5) is 24.8. The Hall–Kier alpha value is -2.73. The van der Waals surface area contributed by atoms with Crippen molar-refractivity contribution in [1.82, 2.24) is 5.32 Å². The van der Waals surface area contributed by atoms with E-state index >= 15 is 0 Å². The lowest BCUT2D eigenvalue weighted by Crippen LogP contribution is -2.36. The van der Waals surface area contributed by atoms with Gasteiger partial charge < -0.3 is 16.0 Å². The van der Waals surface area contributed by atoms with Crippen molar-refractivity contribution < 1.29 is 9.59 Å². The molecule has 0 fully saturated rings. The average Bonchev–Trinajstić information content (AvgIpc) is 2.67. The maximum Gasteiger partial charge on any atom is 0.233 e. The van der Waals surface area contributed by atoms with Crippen LogP contribution >= 0.6 is 12.2 Å². The van der Waals surface area contributed by atoms with Crippen molar-refractivity contribution in [3.8, 4) is 0 Å². The Labute approximate surface area is 191 Å². The highest BCUT2D eigenvalue weighted by atomic mass is 32.1. The van der Waals surface area contributed by atoms with Crippen molar-refractivity contribution in [2.45, 2.75) is 53.9 Å². The summed E-state index contributed by atoms with van der Waals surface area (Å²) in [6.07, 6.45) is 1.02. The van der Waals surface area contributed by atoms with Crippen LogP contribution in [0.25, 0.3) is 0 Å². The highest BCUT2D eigenvalue weighted by Crippen LogP contribution is 2.21. The number of nitrogens with one attached hydrogen (secondary N) is 3. The topological polar surface area (TPSA) is 70.2 Å². The first-order valence-corrected chi connectivity index (χ1v) is 11.0. The Balaban J connectivity index is 1.95. The zero-order valence-electron chi connectivity index (χ0n) is 19.2. The summed E-state index contributed by atoms with van der Waals surface area (Å²) in [5.74, 6) is 0.0145. The molecule has 0 aliphatic rings. The van der Waals surface area contributed by atoms with Crippen LogP contribution in [0.5, 0.6) is 0 Å². The standard InChI is InChI=1S/C25H33N3O2S/c1-16(2)14-18-10-12-19(13-11-18)17(3)22(29)28-24(31)27-21-9-7-8-20(15-21)26-23(30)25(4,5)6/h7-13,15-17H,14H2,1-6H3,(H,26,30)(H2,27,28,29,31). The molecule has 2 aromatic carbocycles. The first kappa shape index (κ1) is 24.5. The van der Waals surface area contributed by atoms with Gasteiger partial charge in [-0.1, -0.05) is 65.0 Å². The second-order valence-electron chi connectivity index (χ2n) is 9.29. The fourth-order valence-corrected chi connectivity index (χ4v) is 3.16. The van der Waals surface area contributed by atoms with Crippen LogP contribution in [0, 0.1) is 11.3 Å². The minimum atomic E-state index is -0.490. The lowest BCUT2D eigenvalue weighted by molar-refractivity contribution is -0.123. The van der Waals surface area contributed by atoms with E-state index in [9.17, 15) is 9.59 Å². The van der Waals surface area contributed by atoms with Crippen molar-refractivity contribution >= 4 is 40.5 Å². The van der Waals surface area contributed by atoms with Crippen LogP contribution in [0.15, 0.2) is 48.5 Å². The summed E-state index contributed by atoms with van der Waals surface area (Å²) < 4.78 is 0. The van der Waals surface area contributed by atoms with Crippen molar-refractivity contribution in [3.63, 3.8) is 0 Å². The molecule has 6 heteroatoms. The molecule has 2 amide bonds. The highest BCUT2D eigenvalue weighted by Gasteiger charge is 2.21. The van der Waals surface area contributed by atoms with Gasteiger partial charge in [-0.3, -0.25) is 9.59 Å². The van der Waals surface area contributed by atoms with Crippen LogP contribution in [0.2, 0.25) is 0 Å². The summed E-state index contributed by atoms with van der Waals surface area (Å²) in [6, 6.07) is 15.4. The number of amides is 2. The van der Waals surface area contributed by atoms with Crippen LogP contribution in [0.4, 0.5) is 11.4 Å². The van der Waals surface area contributed by atoms with Crippen molar-refractivity contribution in [2.24, 2.45) is 11.3 Å². The second-order valence-corrected chi connectivity index (χ2v) is 9.70. The van der Waals surface area contributed by atoms with Gasteiger partial charge in [-0.15, -0.1) is 0 Å². The van der Waals surface area contributed by atoms with E-state index in [0.717, 1.165) is 12.0 Å². The minimum Gasteiger partial charge on any atom is -0.332 e. The molecule has 0 spiro atoms. The molecule has 2 aromatic rings. The Morgan fingerprint density at radius 1 is 0.935 bits per heavy atom. The molecule has 1 atom stereocenters. The van der Waals surface area contributed by atoms with E-state index in [1.54, 1.807) is 6.07 Å². The summed E-state index contributed by atoms with van der Waals surface area (Å²) in [7, 11) is 0. The van der Waals surface area contributed by atoms with Crippen LogP contribution in [0.3, 0.4) is 0 Å². The highest BCUT2D eigenvalue weighted by molar-refractivity contribution is 7.80. The van der Waals surface area contributed by atoms with Gasteiger partial charge in [0.1, 0.15) is 0 Å². The zero-order chi connectivity index (χ0) is 23.2. The smallest absolute Gasteiger partial charge is 0.233 e. The molecule has 0 bridgehead atoms. The second kappa shape index (κ2) is 10.5. The summed E-state index contributed by atoms with van der Waals surface area (Å²) in [6.45, 7) is 11.8. The maximum absolute atomic E-state index is 12.6. The minimum absolute atomic E-state index is 0.0752. The Kier molecular flexibility index (Phi) is 8.34. The molecule has 3 N–H and O–H groups in total. The maximum atomic E-state index is 12.6. The Bertz CT molecular complexity index is 931. The third kappa shape index (κ3) is 7.79. The first-order chi connectivity index (χ1) is 14.5. The molecule has 31 heavy (non-hydrogen) atoms. The van der Waals surface area contributed by atoms with E-state index in [2.05, 4.69) is 41.9 Å². The first-order valence-electron chi connectivity index (χ1n) is 10.6. The molecule has 0 saturated carbocycles. The quantitative estimate of drug-likeness (QED) is 0.521. The normalized spacial score (nSPS) is 12.2. The van der Waals surface area contributed by atoms with Gasteiger partial charge >= 0.3 is 0 Å². The fourth-order valence-electron chi connectivity index (χ4n) is 2.94. The molecular formula is C25H33N3O2S. The van der Waals surface area contributed by atoms with Crippen LogP contribution in [0.1, 0.15) is 58.6 Å². The molecule has 0 aliphatic carbocycles. The molecule has 0 aliphatic heterocycles. The predicted octanol–water partition coefficient (Wildman–Crippen LogP) is 5.49. The van der Waals surface area contributed by atoms with Crippen molar-refractivity contribution in [2.75, 3.05) is 10.6 Å². The van der Waals surface area contributed by atoms with Gasteiger partial charge in [-0.2, -0.15) is 0 Å². The molecule has 0 heterocycles. The third-order valence-electron chi connectivity index (χ3n) is 4.81. The lowest BCUT2D eigenvalue weighted by atomic mass is 9.95. The number of rotatable bonds is 6. The molecule has 0 saturated heterocycles. The van der Waals surface area contributed by atoms with Gasteiger partial charge in [0, 0.05) is 16.8 Å². The van der Waals surface area contributed by atoms with E-state index in [4.69, 9.17) is 12.2 Å². The number of carbonyl (C=O) groups is 2. The van der Waals surface area contributed by atoms with Gasteiger partial charge in [0.05, 0.1) is 5.92 Å². The molecule has 1 unspecified atom stereocenters. The van der Waals surface area contributed by atoms with Gasteiger partial charge in [-0.05, 0) is 60.8 Å². The van der Waals surface area contributed by atoms with Gasteiger partial charge in [0.15, 0.2) is 5.11 Å². The van der Waals surface area contributed by atoms with Crippen LogP contribution in [-0.4, -0.2) is 16.9 Å². The van der Waals surface area contributed by atoms with Crippen LogP contribution < -0.4 is 16.0 Å². The van der Waals surface area contributed by atoms with E-state index < -0.39 is 5.41 Å². The van der Waals surface area contributed by atoms with E-state index in [-0.39, 0.29) is 22.8 Å². The monoisotopic (exact) mass is 439 g/mol. The largest absolute Gasteiger partial charge is 0.332 e. The molecule has 0 radical (unpaired) electrons. The Morgan fingerprint density at radius 3 is 2.06 bits per heavy atom. The molecule has 2 rings (SSSR count). The van der Waals surface area contributed by atoms with Crippen LogP contribution in [-0.2, 0) is 16.0 Å². The number of anilines is 2. The number of hydrogen-bond acceptors (Lipinski definition) is 3. The van der Waals surface area contributed by atoms with E-state index in [1.807, 2.05) is 58.0 Å². The number of benzene rings is 2. The molecule has 0 aromatic heterocycles. The van der Waals surface area contributed by atoms with E-state index in [1.165, 1.54) is 5.56 Å². The van der Waals surface area contributed by atoms with Gasteiger partial charge in [0.25, 0.3) is 0 Å². The predicted molar refractivity (Wildman–Crippen MR) is 132 cm³/mol. The number of carbonyl (C=O) groups excluding carboxylic acids is 2. The SMILES string of the molecule is CC(C)Cc1ccc(C(C)C(=O)NC(=S)Nc2cccc(NC(=O)C(C)(C)C)c2)cc1. The van der Waals surface area contributed by atoms with Crippen molar-refractivity contribution in [3.05, 3.63) is 59.7 Å². The number of thiocarbonyl (C=S) groups is 1. The summed E-state index contributed by atoms with van der Waals surface area (Å²) in [5, 5.41) is 8.86.